The molecule has 0 saturated heterocycles. The van der Waals surface area contributed by atoms with Crippen LogP contribution in [-0.2, 0) is 19.6 Å². The summed E-state index contributed by atoms with van der Waals surface area (Å²) in [7, 11) is 0. The van der Waals surface area contributed by atoms with E-state index in [1.54, 1.807) is 29.8 Å². The summed E-state index contributed by atoms with van der Waals surface area (Å²) in [6.45, 7) is 3.18. The first-order chi connectivity index (χ1) is 16.7. The summed E-state index contributed by atoms with van der Waals surface area (Å²) < 4.78 is 8.84. The minimum absolute atomic E-state index is 0.244. The Bertz CT molecular complexity index is 1440. The monoisotopic (exact) mass is 466 g/mol. The summed E-state index contributed by atoms with van der Waals surface area (Å²) in [5, 5.41) is 14.9. The van der Waals surface area contributed by atoms with Crippen LogP contribution in [0.1, 0.15) is 40.2 Å². The Morgan fingerprint density at radius 3 is 2.65 bits per heavy atom. The van der Waals surface area contributed by atoms with Gasteiger partial charge in [0.25, 0.3) is 0 Å². The van der Waals surface area contributed by atoms with Crippen molar-refractivity contribution in [2.75, 3.05) is 0 Å². The average molecular weight is 467 g/mol. The van der Waals surface area contributed by atoms with Gasteiger partial charge in [0, 0.05) is 18.6 Å². The number of aromatic nitrogens is 5. The van der Waals surface area contributed by atoms with E-state index in [1.807, 2.05) is 41.2 Å². The number of fused-ring (bicyclic) bond motifs is 1. The zero-order valence-electron chi connectivity index (χ0n) is 18.6. The molecule has 0 radical (unpaired) electrons. The third-order valence-electron chi connectivity index (χ3n) is 5.52. The largest absolute Gasteiger partial charge is 0.459 e. The van der Waals surface area contributed by atoms with Gasteiger partial charge in [0.1, 0.15) is 17.5 Å². The van der Waals surface area contributed by atoms with Gasteiger partial charge in [0.2, 0.25) is 0 Å². The number of benzene rings is 2. The van der Waals surface area contributed by atoms with Crippen LogP contribution in [0.15, 0.2) is 73.2 Å². The van der Waals surface area contributed by atoms with E-state index in [9.17, 15) is 5.26 Å². The number of ether oxygens (including phenoxy) is 1. The van der Waals surface area contributed by atoms with Crippen molar-refractivity contribution in [3.63, 3.8) is 0 Å². The summed E-state index contributed by atoms with van der Waals surface area (Å²) in [6, 6.07) is 20.5. The normalized spacial score (nSPS) is 11.9. The van der Waals surface area contributed by atoms with E-state index in [0.717, 1.165) is 39.3 Å². The van der Waals surface area contributed by atoms with Gasteiger partial charge in [-0.15, -0.1) is 11.3 Å². The average Bonchev–Trinajstić information content (AvgIpc) is 3.54. The smallest absolute Gasteiger partial charge is 0.316 e. The van der Waals surface area contributed by atoms with E-state index < -0.39 is 5.92 Å². The van der Waals surface area contributed by atoms with Gasteiger partial charge in [-0.05, 0) is 41.3 Å². The van der Waals surface area contributed by atoms with Crippen LogP contribution in [0.2, 0.25) is 0 Å². The minimum atomic E-state index is -0.575. The maximum absolute atomic E-state index is 9.91. The lowest BCUT2D eigenvalue weighted by Crippen LogP contribution is -2.05. The van der Waals surface area contributed by atoms with Crippen LogP contribution in [0.4, 0.5) is 0 Å². The van der Waals surface area contributed by atoms with E-state index in [2.05, 4.69) is 46.3 Å². The maximum Gasteiger partial charge on any atom is 0.316 e. The first-order valence-corrected chi connectivity index (χ1v) is 11.8. The standard InChI is InChI=1S/C26H22N6OS/c1-2-20-5-3-6-23-24(20)34-25(30-23)21(15-27)22-11-13-28-26(31-22)33-17-19-9-7-18(8-10-19)16-32-14-4-12-29-32/h3-14,21H,2,16-17H2,1H3. The third-order valence-corrected chi connectivity index (χ3v) is 6.73. The van der Waals surface area contributed by atoms with E-state index in [0.29, 0.717) is 12.3 Å². The zero-order chi connectivity index (χ0) is 23.3. The second-order valence-electron chi connectivity index (χ2n) is 7.81. The van der Waals surface area contributed by atoms with Crippen LogP contribution >= 0.6 is 11.3 Å². The predicted molar refractivity (Wildman–Crippen MR) is 131 cm³/mol. The number of hydrogen-bond donors (Lipinski definition) is 0. The number of nitriles is 1. The second kappa shape index (κ2) is 9.81. The molecule has 5 rings (SSSR count). The van der Waals surface area contributed by atoms with Crippen LogP contribution in [0.5, 0.6) is 6.01 Å². The van der Waals surface area contributed by atoms with E-state index in [4.69, 9.17) is 9.72 Å². The highest BCUT2D eigenvalue weighted by atomic mass is 32.1. The van der Waals surface area contributed by atoms with Gasteiger partial charge in [-0.2, -0.15) is 15.3 Å². The Labute approximate surface area is 201 Å². The van der Waals surface area contributed by atoms with Crippen molar-refractivity contribution in [1.82, 2.24) is 24.7 Å². The van der Waals surface area contributed by atoms with Crippen molar-refractivity contribution in [1.29, 1.82) is 5.26 Å². The lowest BCUT2D eigenvalue weighted by atomic mass is 10.1. The number of aryl methyl sites for hydroxylation is 1. The Morgan fingerprint density at radius 1 is 1.03 bits per heavy atom. The molecule has 0 amide bonds. The van der Waals surface area contributed by atoms with Crippen LogP contribution in [0, 0.1) is 11.3 Å². The summed E-state index contributed by atoms with van der Waals surface area (Å²) in [4.78, 5) is 13.5. The highest BCUT2D eigenvalue weighted by Gasteiger charge is 2.21. The molecule has 0 saturated carbocycles. The fraction of sp³-hybridized carbons (Fsp3) is 0.192. The number of thiazole rings is 1. The molecule has 1 atom stereocenters. The van der Waals surface area contributed by atoms with Crippen LogP contribution in [0.25, 0.3) is 10.2 Å². The lowest BCUT2D eigenvalue weighted by molar-refractivity contribution is 0.279. The number of rotatable bonds is 8. The first-order valence-electron chi connectivity index (χ1n) is 11.0. The van der Waals surface area contributed by atoms with E-state index in [1.165, 1.54) is 5.56 Å². The van der Waals surface area contributed by atoms with Crippen molar-refractivity contribution in [3.8, 4) is 12.1 Å². The van der Waals surface area contributed by atoms with Gasteiger partial charge >= 0.3 is 6.01 Å². The Hall–Kier alpha value is -4.09. The van der Waals surface area contributed by atoms with Crippen molar-refractivity contribution < 1.29 is 4.74 Å². The minimum Gasteiger partial charge on any atom is -0.459 e. The van der Waals surface area contributed by atoms with E-state index in [-0.39, 0.29) is 6.01 Å². The molecule has 0 aliphatic carbocycles. The molecule has 7 nitrogen and oxygen atoms in total. The quantitative estimate of drug-likeness (QED) is 0.315. The molecular formula is C26H22N6OS. The van der Waals surface area contributed by atoms with Gasteiger partial charge in [0.05, 0.1) is 28.5 Å². The van der Waals surface area contributed by atoms with Crippen molar-refractivity contribution >= 4 is 21.6 Å². The molecule has 34 heavy (non-hydrogen) atoms. The molecular weight excluding hydrogens is 444 g/mol. The molecule has 0 aliphatic heterocycles. The second-order valence-corrected chi connectivity index (χ2v) is 8.84. The van der Waals surface area contributed by atoms with Gasteiger partial charge in [-0.1, -0.05) is 43.3 Å². The Balaban J connectivity index is 1.29. The fourth-order valence-corrected chi connectivity index (χ4v) is 4.93. The van der Waals surface area contributed by atoms with Crippen molar-refractivity contribution in [2.45, 2.75) is 32.4 Å². The van der Waals surface area contributed by atoms with Gasteiger partial charge in [0.15, 0.2) is 0 Å². The maximum atomic E-state index is 9.91. The Kier molecular flexibility index (Phi) is 6.27. The number of hydrogen-bond acceptors (Lipinski definition) is 7. The highest BCUT2D eigenvalue weighted by molar-refractivity contribution is 7.18. The molecule has 0 N–H and O–H groups in total. The molecule has 3 aromatic heterocycles. The molecule has 0 spiro atoms. The van der Waals surface area contributed by atoms with Crippen LogP contribution < -0.4 is 4.74 Å². The molecule has 8 heteroatoms. The molecule has 0 bridgehead atoms. The highest BCUT2D eigenvalue weighted by Crippen LogP contribution is 2.33. The molecule has 0 aliphatic rings. The molecule has 3 heterocycles. The molecule has 168 valence electrons. The summed E-state index contributed by atoms with van der Waals surface area (Å²) in [6.07, 6.45) is 6.26. The van der Waals surface area contributed by atoms with Crippen LogP contribution in [0.3, 0.4) is 0 Å². The predicted octanol–water partition coefficient (Wildman–Crippen LogP) is 5.13. The summed E-state index contributed by atoms with van der Waals surface area (Å²) in [5.74, 6) is -0.575. The molecule has 1 unspecified atom stereocenters. The van der Waals surface area contributed by atoms with Crippen molar-refractivity contribution in [2.24, 2.45) is 0 Å². The summed E-state index contributed by atoms with van der Waals surface area (Å²) in [5.41, 5.74) is 4.90. The zero-order valence-corrected chi connectivity index (χ0v) is 19.4. The van der Waals surface area contributed by atoms with Gasteiger partial charge < -0.3 is 4.74 Å². The SMILES string of the molecule is CCc1cccc2nc(C(C#N)c3ccnc(OCc4ccc(Cn5cccn5)cc4)n3)sc12. The fourth-order valence-electron chi connectivity index (χ4n) is 3.73. The van der Waals surface area contributed by atoms with Crippen LogP contribution in [-0.4, -0.2) is 24.7 Å². The van der Waals surface area contributed by atoms with Gasteiger partial charge in [-0.3, -0.25) is 4.68 Å². The molecule has 0 fully saturated rings. The number of nitrogens with zero attached hydrogens (tertiary/aromatic N) is 6. The topological polar surface area (TPSA) is 89.5 Å². The van der Waals surface area contributed by atoms with E-state index >= 15 is 0 Å². The first kappa shape index (κ1) is 21.7. The molecule has 2 aromatic carbocycles. The van der Waals surface area contributed by atoms with Crippen molar-refractivity contribution in [3.05, 3.63) is 101 Å². The lowest BCUT2D eigenvalue weighted by Gasteiger charge is -2.09. The third kappa shape index (κ3) is 4.65. The van der Waals surface area contributed by atoms with Gasteiger partial charge in [-0.25, -0.2) is 9.97 Å². The Morgan fingerprint density at radius 2 is 1.88 bits per heavy atom. The summed E-state index contributed by atoms with van der Waals surface area (Å²) >= 11 is 1.55. The molecule has 5 aromatic rings.